The molecule has 3 heterocycles. The second-order valence-electron chi connectivity index (χ2n) is 6.75. The molecule has 0 amide bonds. The number of aliphatic imine (C=N–C) groups is 1. The van der Waals surface area contributed by atoms with E-state index in [2.05, 4.69) is 34.0 Å². The highest BCUT2D eigenvalue weighted by atomic mass is 127. The van der Waals surface area contributed by atoms with Crippen LogP contribution >= 0.6 is 35.3 Å². The summed E-state index contributed by atoms with van der Waals surface area (Å²) in [6, 6.07) is 4.02. The predicted molar refractivity (Wildman–Crippen MR) is 115 cm³/mol. The molecular formula is C18H27IN4OS. The summed E-state index contributed by atoms with van der Waals surface area (Å²) in [7, 11) is 1.85. The number of hydrogen-bond donors (Lipinski definition) is 1. The van der Waals surface area contributed by atoms with Gasteiger partial charge in [0.05, 0.1) is 17.1 Å². The fraction of sp³-hybridized carbons (Fsp3) is 0.556. The molecule has 0 radical (unpaired) electrons. The van der Waals surface area contributed by atoms with Crippen LogP contribution in [0.1, 0.15) is 32.4 Å². The quantitative estimate of drug-likeness (QED) is 0.395. The predicted octanol–water partition coefficient (Wildman–Crippen LogP) is 4.46. The van der Waals surface area contributed by atoms with Crippen molar-refractivity contribution in [3.05, 3.63) is 29.5 Å². The van der Waals surface area contributed by atoms with Crippen molar-refractivity contribution < 1.29 is 4.42 Å². The zero-order valence-corrected chi connectivity index (χ0v) is 18.2. The third kappa shape index (κ3) is 5.44. The van der Waals surface area contributed by atoms with Crippen molar-refractivity contribution in [2.75, 3.05) is 20.1 Å². The molecule has 7 heteroatoms. The highest BCUT2D eigenvalue weighted by molar-refractivity contribution is 14.0. The van der Waals surface area contributed by atoms with Gasteiger partial charge in [0.2, 0.25) is 5.89 Å². The average Bonchev–Trinajstić information content (AvgIpc) is 3.28. The summed E-state index contributed by atoms with van der Waals surface area (Å²) in [5.74, 6) is 3.19. The molecule has 2 aromatic rings. The van der Waals surface area contributed by atoms with Crippen molar-refractivity contribution >= 4 is 41.3 Å². The van der Waals surface area contributed by atoms with Crippen LogP contribution in [0.25, 0.3) is 10.8 Å². The third-order valence-electron chi connectivity index (χ3n) is 4.31. The normalized spacial score (nSPS) is 17.8. The highest BCUT2D eigenvalue weighted by Crippen LogP contribution is 2.24. The summed E-state index contributed by atoms with van der Waals surface area (Å²) in [6.07, 6.45) is 4.27. The van der Waals surface area contributed by atoms with Gasteiger partial charge in [-0.1, -0.05) is 19.9 Å². The number of hydrogen-bond acceptors (Lipinski definition) is 4. The van der Waals surface area contributed by atoms with Gasteiger partial charge in [-0.3, -0.25) is 4.99 Å². The lowest BCUT2D eigenvalue weighted by Crippen LogP contribution is -2.39. The van der Waals surface area contributed by atoms with Gasteiger partial charge in [-0.25, -0.2) is 4.98 Å². The van der Waals surface area contributed by atoms with Crippen molar-refractivity contribution in [2.24, 2.45) is 16.8 Å². The summed E-state index contributed by atoms with van der Waals surface area (Å²) in [5.41, 5.74) is 0.900. The molecule has 1 aliphatic rings. The van der Waals surface area contributed by atoms with Gasteiger partial charge in [-0.2, -0.15) is 0 Å². The number of aromatic nitrogens is 1. The van der Waals surface area contributed by atoms with Crippen molar-refractivity contribution in [2.45, 2.75) is 33.2 Å². The Morgan fingerprint density at radius 1 is 1.52 bits per heavy atom. The van der Waals surface area contributed by atoms with E-state index in [-0.39, 0.29) is 24.0 Å². The van der Waals surface area contributed by atoms with Gasteiger partial charge >= 0.3 is 0 Å². The molecule has 25 heavy (non-hydrogen) atoms. The Balaban J connectivity index is 0.00000225. The van der Waals surface area contributed by atoms with Crippen LogP contribution in [0.5, 0.6) is 0 Å². The molecule has 0 spiro atoms. The number of rotatable bonds is 5. The van der Waals surface area contributed by atoms with E-state index in [9.17, 15) is 0 Å². The molecule has 1 unspecified atom stereocenters. The zero-order chi connectivity index (χ0) is 16.9. The maximum atomic E-state index is 5.57. The molecule has 0 aliphatic carbocycles. The van der Waals surface area contributed by atoms with Crippen LogP contribution in [0.2, 0.25) is 0 Å². The second-order valence-corrected chi connectivity index (χ2v) is 7.70. The lowest BCUT2D eigenvalue weighted by atomic mass is 9.97. The molecule has 1 fully saturated rings. The molecular weight excluding hydrogens is 447 g/mol. The first-order chi connectivity index (χ1) is 11.7. The van der Waals surface area contributed by atoms with Gasteiger partial charge in [0.25, 0.3) is 0 Å². The minimum Gasteiger partial charge on any atom is -0.443 e. The number of oxazole rings is 1. The SMILES string of the molecule is CN=C(NCc1coc(-c2cccs2)n1)N1CCC(CC(C)C)C1.I. The Bertz CT molecular complexity index is 668. The molecule has 5 nitrogen and oxygen atoms in total. The maximum Gasteiger partial charge on any atom is 0.236 e. The maximum absolute atomic E-state index is 5.57. The van der Waals surface area contributed by atoms with Gasteiger partial charge in [0.1, 0.15) is 6.26 Å². The minimum atomic E-state index is 0. The topological polar surface area (TPSA) is 53.7 Å². The zero-order valence-electron chi connectivity index (χ0n) is 15.1. The van der Waals surface area contributed by atoms with Crippen molar-refractivity contribution in [3.8, 4) is 10.8 Å². The lowest BCUT2D eigenvalue weighted by Gasteiger charge is -2.21. The monoisotopic (exact) mass is 474 g/mol. The first-order valence-electron chi connectivity index (χ1n) is 8.59. The molecule has 2 aromatic heterocycles. The van der Waals surface area contributed by atoms with E-state index >= 15 is 0 Å². The number of guanidine groups is 1. The summed E-state index contributed by atoms with van der Waals surface area (Å²) < 4.78 is 5.57. The largest absolute Gasteiger partial charge is 0.443 e. The molecule has 1 aliphatic heterocycles. The molecule has 1 N–H and O–H groups in total. The Hall–Kier alpha value is -1.09. The molecule has 0 aromatic carbocycles. The van der Waals surface area contributed by atoms with E-state index in [4.69, 9.17) is 4.42 Å². The number of halogens is 1. The van der Waals surface area contributed by atoms with Crippen LogP contribution in [0.4, 0.5) is 0 Å². The van der Waals surface area contributed by atoms with Crippen molar-refractivity contribution in [3.63, 3.8) is 0 Å². The summed E-state index contributed by atoms with van der Waals surface area (Å²) in [5, 5.41) is 5.45. The fourth-order valence-electron chi connectivity index (χ4n) is 3.29. The van der Waals surface area contributed by atoms with Gasteiger partial charge in [0, 0.05) is 20.1 Å². The standard InChI is InChI=1S/C18H26N4OS.HI/c1-13(2)9-14-6-7-22(11-14)18(19-3)20-10-15-12-23-17(21-15)16-5-4-8-24-16;/h4-5,8,12-14H,6-7,9-11H2,1-3H3,(H,19,20);1H. The number of likely N-dealkylation sites (tertiary alicyclic amines) is 1. The molecule has 0 bridgehead atoms. The van der Waals surface area contributed by atoms with Crippen LogP contribution in [-0.4, -0.2) is 36.0 Å². The van der Waals surface area contributed by atoms with Gasteiger partial charge in [-0.05, 0) is 36.1 Å². The van der Waals surface area contributed by atoms with E-state index in [1.807, 2.05) is 24.6 Å². The van der Waals surface area contributed by atoms with Crippen LogP contribution in [0.3, 0.4) is 0 Å². The van der Waals surface area contributed by atoms with E-state index < -0.39 is 0 Å². The van der Waals surface area contributed by atoms with E-state index in [1.54, 1.807) is 17.6 Å². The molecule has 1 atom stereocenters. The molecule has 138 valence electrons. The Morgan fingerprint density at radius 2 is 2.36 bits per heavy atom. The highest BCUT2D eigenvalue weighted by Gasteiger charge is 2.25. The minimum absolute atomic E-state index is 0. The van der Waals surface area contributed by atoms with Crippen molar-refractivity contribution in [1.29, 1.82) is 0 Å². The van der Waals surface area contributed by atoms with Gasteiger partial charge in [-0.15, -0.1) is 35.3 Å². The number of thiophene rings is 1. The van der Waals surface area contributed by atoms with E-state index in [1.165, 1.54) is 12.8 Å². The number of nitrogens with zero attached hydrogens (tertiary/aromatic N) is 3. The second kappa shape index (κ2) is 9.56. The van der Waals surface area contributed by atoms with Crippen LogP contribution in [-0.2, 0) is 6.54 Å². The fourth-order valence-corrected chi connectivity index (χ4v) is 3.94. The average molecular weight is 474 g/mol. The summed E-state index contributed by atoms with van der Waals surface area (Å²) in [4.78, 5) is 12.4. The Morgan fingerprint density at radius 3 is 3.04 bits per heavy atom. The van der Waals surface area contributed by atoms with E-state index in [0.29, 0.717) is 12.4 Å². The third-order valence-corrected chi connectivity index (χ3v) is 5.17. The Kier molecular flexibility index (Phi) is 7.74. The summed E-state index contributed by atoms with van der Waals surface area (Å²) in [6.45, 7) is 7.40. The first kappa shape index (κ1) is 20.2. The molecule has 1 saturated heterocycles. The van der Waals surface area contributed by atoms with E-state index in [0.717, 1.165) is 41.5 Å². The summed E-state index contributed by atoms with van der Waals surface area (Å²) >= 11 is 1.63. The van der Waals surface area contributed by atoms with Crippen LogP contribution < -0.4 is 5.32 Å². The van der Waals surface area contributed by atoms with Crippen LogP contribution in [0, 0.1) is 11.8 Å². The lowest BCUT2D eigenvalue weighted by molar-refractivity contribution is 0.403. The van der Waals surface area contributed by atoms with Crippen molar-refractivity contribution in [1.82, 2.24) is 15.2 Å². The molecule has 0 saturated carbocycles. The smallest absolute Gasteiger partial charge is 0.236 e. The number of nitrogens with one attached hydrogen (secondary N) is 1. The first-order valence-corrected chi connectivity index (χ1v) is 9.47. The van der Waals surface area contributed by atoms with Crippen LogP contribution in [0.15, 0.2) is 33.2 Å². The van der Waals surface area contributed by atoms with Gasteiger partial charge < -0.3 is 14.6 Å². The molecule has 3 rings (SSSR count). The Labute approximate surface area is 171 Å². The van der Waals surface area contributed by atoms with Gasteiger partial charge in [0.15, 0.2) is 5.96 Å².